The van der Waals surface area contributed by atoms with Crippen molar-refractivity contribution in [3.63, 3.8) is 0 Å². The Morgan fingerprint density at radius 3 is 2.47 bits per heavy atom. The molecule has 0 aromatic heterocycles. The highest BCUT2D eigenvalue weighted by Gasteiger charge is 2.10. The largest absolute Gasteiger partial charge is 0.378 e. The van der Waals surface area contributed by atoms with Gasteiger partial charge in [-0.25, -0.2) is 0 Å². The molecular formula is C11H13N2O2. The number of hydrogen-bond donors (Lipinski definition) is 1. The number of morpholine rings is 1. The van der Waals surface area contributed by atoms with Crippen LogP contribution in [0.4, 0.5) is 11.4 Å². The van der Waals surface area contributed by atoms with Gasteiger partial charge in [0.2, 0.25) is 0 Å². The van der Waals surface area contributed by atoms with Crippen molar-refractivity contribution in [2.45, 2.75) is 0 Å². The van der Waals surface area contributed by atoms with Crippen molar-refractivity contribution in [2.75, 3.05) is 36.5 Å². The molecule has 4 heteroatoms. The normalized spacial score (nSPS) is 16.1. The molecule has 1 aliphatic rings. The van der Waals surface area contributed by atoms with Crippen LogP contribution in [0.5, 0.6) is 0 Å². The maximum Gasteiger partial charge on any atom is 0.314 e. The van der Waals surface area contributed by atoms with Crippen LogP contribution in [-0.2, 0) is 9.53 Å². The van der Waals surface area contributed by atoms with Crippen LogP contribution in [0.1, 0.15) is 0 Å². The van der Waals surface area contributed by atoms with E-state index in [1.807, 2.05) is 24.3 Å². The second kappa shape index (κ2) is 4.79. The molecule has 0 unspecified atom stereocenters. The summed E-state index contributed by atoms with van der Waals surface area (Å²) >= 11 is 0. The van der Waals surface area contributed by atoms with E-state index in [0.29, 0.717) is 0 Å². The minimum absolute atomic E-state index is 0.766. The molecule has 0 spiro atoms. The molecule has 1 aromatic rings. The molecule has 2 rings (SSSR count). The van der Waals surface area contributed by atoms with Crippen LogP contribution in [0.25, 0.3) is 0 Å². The van der Waals surface area contributed by atoms with Crippen LogP contribution in [0.3, 0.4) is 0 Å². The summed E-state index contributed by atoms with van der Waals surface area (Å²) in [6.45, 7) is 3.41. The zero-order valence-electron chi connectivity index (χ0n) is 8.40. The number of nitrogens with zero attached hydrogens (tertiary/aromatic N) is 1. The van der Waals surface area contributed by atoms with E-state index >= 15 is 0 Å². The number of anilines is 2. The smallest absolute Gasteiger partial charge is 0.314 e. The van der Waals surface area contributed by atoms with Crippen molar-refractivity contribution >= 4 is 17.8 Å². The fourth-order valence-corrected chi connectivity index (χ4v) is 1.64. The number of nitrogens with one attached hydrogen (secondary N) is 1. The first kappa shape index (κ1) is 9.98. The summed E-state index contributed by atoms with van der Waals surface area (Å²) in [6, 6.07) is 7.72. The average Bonchev–Trinajstić information content (AvgIpc) is 2.32. The second-order valence-electron chi connectivity index (χ2n) is 3.37. The third kappa shape index (κ3) is 2.47. The number of carbonyl (C=O) groups excluding carboxylic acids is 1. The molecular weight excluding hydrogens is 192 g/mol. The summed E-state index contributed by atoms with van der Waals surface area (Å²) < 4.78 is 5.28. The average molecular weight is 205 g/mol. The van der Waals surface area contributed by atoms with E-state index in [-0.39, 0.29) is 0 Å². The maximum atomic E-state index is 10.1. The first-order valence-corrected chi connectivity index (χ1v) is 4.96. The number of benzene rings is 1. The predicted molar refractivity (Wildman–Crippen MR) is 58.8 cm³/mol. The van der Waals surface area contributed by atoms with E-state index in [4.69, 9.17) is 4.74 Å². The number of hydrogen-bond acceptors (Lipinski definition) is 3. The molecule has 15 heavy (non-hydrogen) atoms. The molecule has 4 nitrogen and oxygen atoms in total. The van der Waals surface area contributed by atoms with Gasteiger partial charge in [0.1, 0.15) is 0 Å². The number of ether oxygens (including phenoxy) is 1. The summed E-state index contributed by atoms with van der Waals surface area (Å²) in [5, 5.41) is 2.49. The highest BCUT2D eigenvalue weighted by atomic mass is 16.5. The summed E-state index contributed by atoms with van der Waals surface area (Å²) in [7, 11) is 0. The van der Waals surface area contributed by atoms with Gasteiger partial charge in [-0.1, -0.05) is 0 Å². The summed E-state index contributed by atoms with van der Waals surface area (Å²) in [6.07, 6.45) is 1.65. The fourth-order valence-electron chi connectivity index (χ4n) is 1.64. The van der Waals surface area contributed by atoms with E-state index in [2.05, 4.69) is 10.2 Å². The third-order valence-corrected chi connectivity index (χ3v) is 2.44. The maximum absolute atomic E-state index is 10.1. The van der Waals surface area contributed by atoms with Gasteiger partial charge in [-0.05, 0) is 24.3 Å². The Hall–Kier alpha value is -1.55. The van der Waals surface area contributed by atoms with Crippen LogP contribution < -0.4 is 10.2 Å². The van der Waals surface area contributed by atoms with E-state index in [1.165, 1.54) is 0 Å². The van der Waals surface area contributed by atoms with Crippen LogP contribution in [0.2, 0.25) is 0 Å². The first-order valence-electron chi connectivity index (χ1n) is 4.96. The minimum Gasteiger partial charge on any atom is -0.378 e. The Kier molecular flexibility index (Phi) is 3.19. The SMILES string of the molecule is O=[C]Nc1ccc(N2CCOCC2)cc1. The van der Waals surface area contributed by atoms with Crippen molar-refractivity contribution in [1.82, 2.24) is 0 Å². The van der Waals surface area contributed by atoms with E-state index < -0.39 is 0 Å². The van der Waals surface area contributed by atoms with Gasteiger partial charge in [-0.15, -0.1) is 0 Å². The van der Waals surface area contributed by atoms with Crippen molar-refractivity contribution in [2.24, 2.45) is 0 Å². The molecule has 1 fully saturated rings. The molecule has 0 atom stereocenters. The van der Waals surface area contributed by atoms with Gasteiger partial charge in [-0.2, -0.15) is 0 Å². The Morgan fingerprint density at radius 2 is 1.87 bits per heavy atom. The van der Waals surface area contributed by atoms with Gasteiger partial charge in [-0.3, -0.25) is 4.79 Å². The van der Waals surface area contributed by atoms with Gasteiger partial charge < -0.3 is 15.0 Å². The van der Waals surface area contributed by atoms with Crippen LogP contribution in [0, 0.1) is 0 Å². The van der Waals surface area contributed by atoms with Gasteiger partial charge >= 0.3 is 6.41 Å². The molecule has 79 valence electrons. The first-order chi connectivity index (χ1) is 7.40. The molecule has 1 aromatic carbocycles. The van der Waals surface area contributed by atoms with Gasteiger partial charge in [0.25, 0.3) is 0 Å². The molecule has 1 amide bonds. The van der Waals surface area contributed by atoms with Gasteiger partial charge in [0.15, 0.2) is 0 Å². The highest BCUT2D eigenvalue weighted by molar-refractivity contribution is 5.72. The fraction of sp³-hybridized carbons (Fsp3) is 0.364. The topological polar surface area (TPSA) is 41.6 Å². The zero-order chi connectivity index (χ0) is 10.5. The Balaban J connectivity index is 2.04. The van der Waals surface area contributed by atoms with Crippen LogP contribution in [0.15, 0.2) is 24.3 Å². The molecule has 1 radical (unpaired) electrons. The molecule has 0 bridgehead atoms. The van der Waals surface area contributed by atoms with E-state index in [0.717, 1.165) is 37.7 Å². The molecule has 1 N–H and O–H groups in total. The molecule has 1 heterocycles. The lowest BCUT2D eigenvalue weighted by Gasteiger charge is -2.28. The van der Waals surface area contributed by atoms with E-state index in [1.54, 1.807) is 6.41 Å². The molecule has 1 saturated heterocycles. The Bertz CT molecular complexity index is 318. The summed E-state index contributed by atoms with van der Waals surface area (Å²) in [5.74, 6) is 0. The summed E-state index contributed by atoms with van der Waals surface area (Å²) in [4.78, 5) is 12.4. The van der Waals surface area contributed by atoms with Crippen molar-refractivity contribution in [3.05, 3.63) is 24.3 Å². The number of amides is 1. The minimum atomic E-state index is 0.766. The van der Waals surface area contributed by atoms with Crippen molar-refractivity contribution in [1.29, 1.82) is 0 Å². The zero-order valence-corrected chi connectivity index (χ0v) is 8.40. The second-order valence-corrected chi connectivity index (χ2v) is 3.37. The summed E-state index contributed by atoms with van der Waals surface area (Å²) in [5.41, 5.74) is 1.93. The standard InChI is InChI=1S/C11H13N2O2/c14-9-12-10-1-3-11(4-2-10)13-5-7-15-8-6-13/h1-4H,5-8H2,(H,12,14). The van der Waals surface area contributed by atoms with Crippen LogP contribution in [-0.4, -0.2) is 32.7 Å². The molecule has 0 saturated carbocycles. The number of rotatable bonds is 3. The quantitative estimate of drug-likeness (QED) is 0.748. The van der Waals surface area contributed by atoms with Gasteiger partial charge in [0, 0.05) is 24.5 Å². The monoisotopic (exact) mass is 205 g/mol. The van der Waals surface area contributed by atoms with Crippen molar-refractivity contribution < 1.29 is 9.53 Å². The lowest BCUT2D eigenvalue weighted by atomic mass is 10.2. The highest BCUT2D eigenvalue weighted by Crippen LogP contribution is 2.18. The molecule has 0 aliphatic carbocycles. The third-order valence-electron chi connectivity index (χ3n) is 2.44. The Labute approximate surface area is 88.8 Å². The predicted octanol–water partition coefficient (Wildman–Crippen LogP) is 1.00. The lowest BCUT2D eigenvalue weighted by molar-refractivity contribution is 0.122. The lowest BCUT2D eigenvalue weighted by Crippen LogP contribution is -2.36. The molecule has 1 aliphatic heterocycles. The Morgan fingerprint density at radius 1 is 1.20 bits per heavy atom. The van der Waals surface area contributed by atoms with Gasteiger partial charge in [0.05, 0.1) is 13.2 Å². The van der Waals surface area contributed by atoms with E-state index in [9.17, 15) is 4.79 Å². The van der Waals surface area contributed by atoms with Crippen molar-refractivity contribution in [3.8, 4) is 0 Å². The van der Waals surface area contributed by atoms with Crippen LogP contribution >= 0.6 is 0 Å².